The number of aliphatic hydroxyl groups excluding tert-OH is 1. The van der Waals surface area contributed by atoms with Crippen LogP contribution in [0.5, 0.6) is 11.5 Å². The van der Waals surface area contributed by atoms with Crippen molar-refractivity contribution in [3.05, 3.63) is 93.6 Å². The molecule has 0 spiro atoms. The van der Waals surface area contributed by atoms with Gasteiger partial charge in [0.25, 0.3) is 11.7 Å². The van der Waals surface area contributed by atoms with Crippen LogP contribution in [0.3, 0.4) is 0 Å². The number of methoxy groups -OCH3 is 2. The number of nitrogens with zero attached hydrogens (tertiary/aromatic N) is 1. The molecule has 1 unspecified atom stereocenters. The standard InChI is InChI=1S/C31H33NO5/c1-17(2)24-16-25(20(5)15-26(24)37-7)29(33)27-28(21-8-10-23(36-6)11-9-21)32(31(35)30(27)34)22-13-18(3)12-19(4)14-22/h8-17,28,33H,1-7H3/b29-27+. The lowest BCUT2D eigenvalue weighted by atomic mass is 9.91. The van der Waals surface area contributed by atoms with Crippen molar-refractivity contribution in [3.63, 3.8) is 0 Å². The zero-order valence-electron chi connectivity index (χ0n) is 22.4. The van der Waals surface area contributed by atoms with Crippen LogP contribution in [0.2, 0.25) is 0 Å². The molecule has 1 aliphatic heterocycles. The lowest BCUT2D eigenvalue weighted by Gasteiger charge is -2.26. The molecule has 6 heteroatoms. The monoisotopic (exact) mass is 499 g/mol. The van der Waals surface area contributed by atoms with Gasteiger partial charge in [-0.3, -0.25) is 14.5 Å². The third kappa shape index (κ3) is 4.71. The average Bonchev–Trinajstić information content (AvgIpc) is 3.12. The Morgan fingerprint density at radius 3 is 2.05 bits per heavy atom. The van der Waals surface area contributed by atoms with Crippen LogP contribution in [-0.4, -0.2) is 31.0 Å². The molecule has 0 bridgehead atoms. The zero-order chi connectivity index (χ0) is 27.0. The van der Waals surface area contributed by atoms with Gasteiger partial charge in [0.1, 0.15) is 17.3 Å². The first-order valence-electron chi connectivity index (χ1n) is 12.3. The zero-order valence-corrected chi connectivity index (χ0v) is 22.4. The maximum absolute atomic E-state index is 13.6. The number of amides is 1. The van der Waals surface area contributed by atoms with Crippen LogP contribution in [0, 0.1) is 20.8 Å². The van der Waals surface area contributed by atoms with E-state index in [0.717, 1.165) is 22.3 Å². The first-order chi connectivity index (χ1) is 17.6. The number of rotatable bonds is 6. The molecular weight excluding hydrogens is 466 g/mol. The van der Waals surface area contributed by atoms with Crippen molar-refractivity contribution in [1.82, 2.24) is 0 Å². The Bertz CT molecular complexity index is 1380. The summed E-state index contributed by atoms with van der Waals surface area (Å²) in [5.41, 5.74) is 5.43. The summed E-state index contributed by atoms with van der Waals surface area (Å²) in [6.45, 7) is 9.82. The van der Waals surface area contributed by atoms with E-state index in [1.807, 2.05) is 77.1 Å². The number of carbonyl (C=O) groups is 2. The number of carbonyl (C=O) groups excluding carboxylic acids is 2. The number of anilines is 1. The van der Waals surface area contributed by atoms with Crippen LogP contribution < -0.4 is 14.4 Å². The minimum Gasteiger partial charge on any atom is -0.507 e. The molecule has 1 atom stereocenters. The van der Waals surface area contributed by atoms with Crippen molar-refractivity contribution in [1.29, 1.82) is 0 Å². The first-order valence-corrected chi connectivity index (χ1v) is 12.3. The van der Waals surface area contributed by atoms with Gasteiger partial charge in [0, 0.05) is 11.3 Å². The molecular formula is C31H33NO5. The second kappa shape index (κ2) is 10.1. The number of Topliss-reactive ketones (excluding diaryl/α,β-unsaturated/α-hetero) is 1. The molecule has 1 amide bonds. The van der Waals surface area contributed by atoms with Crippen molar-refractivity contribution >= 4 is 23.1 Å². The van der Waals surface area contributed by atoms with Gasteiger partial charge in [0.15, 0.2) is 0 Å². The van der Waals surface area contributed by atoms with E-state index in [2.05, 4.69) is 0 Å². The van der Waals surface area contributed by atoms with E-state index >= 15 is 0 Å². The Labute approximate surface area is 218 Å². The van der Waals surface area contributed by atoms with E-state index in [-0.39, 0.29) is 17.3 Å². The molecule has 0 aliphatic carbocycles. The van der Waals surface area contributed by atoms with Crippen molar-refractivity contribution in [3.8, 4) is 11.5 Å². The first kappa shape index (κ1) is 26.0. The molecule has 6 nitrogen and oxygen atoms in total. The predicted molar refractivity (Wildman–Crippen MR) is 146 cm³/mol. The van der Waals surface area contributed by atoms with Gasteiger partial charge in [-0.2, -0.15) is 0 Å². The summed E-state index contributed by atoms with van der Waals surface area (Å²) in [7, 11) is 3.19. The highest BCUT2D eigenvalue weighted by atomic mass is 16.5. The summed E-state index contributed by atoms with van der Waals surface area (Å²) in [4.78, 5) is 28.6. The maximum Gasteiger partial charge on any atom is 0.300 e. The molecule has 0 radical (unpaired) electrons. The summed E-state index contributed by atoms with van der Waals surface area (Å²) < 4.78 is 10.9. The molecule has 1 fully saturated rings. The third-order valence-electron chi connectivity index (χ3n) is 6.81. The Hall–Kier alpha value is -4.06. The van der Waals surface area contributed by atoms with Gasteiger partial charge in [-0.1, -0.05) is 32.0 Å². The van der Waals surface area contributed by atoms with Crippen molar-refractivity contribution in [2.45, 2.75) is 46.6 Å². The summed E-state index contributed by atoms with van der Waals surface area (Å²) in [5.74, 6) is -0.113. The lowest BCUT2D eigenvalue weighted by molar-refractivity contribution is -0.132. The molecule has 1 saturated heterocycles. The van der Waals surface area contributed by atoms with Gasteiger partial charge < -0.3 is 14.6 Å². The largest absolute Gasteiger partial charge is 0.507 e. The Morgan fingerprint density at radius 1 is 0.892 bits per heavy atom. The molecule has 0 aromatic heterocycles. The summed E-state index contributed by atoms with van der Waals surface area (Å²) >= 11 is 0. The molecule has 3 aromatic rings. The van der Waals surface area contributed by atoms with Gasteiger partial charge in [-0.15, -0.1) is 0 Å². The number of aryl methyl sites for hydroxylation is 3. The summed E-state index contributed by atoms with van der Waals surface area (Å²) in [6, 6.07) is 15.9. The molecule has 1 aliphatic rings. The van der Waals surface area contributed by atoms with Crippen LogP contribution in [0.25, 0.3) is 5.76 Å². The minimum absolute atomic E-state index is 0.0531. The molecule has 4 rings (SSSR count). The Kier molecular flexibility index (Phi) is 7.12. The van der Waals surface area contributed by atoms with E-state index in [1.165, 1.54) is 4.90 Å². The fourth-order valence-electron chi connectivity index (χ4n) is 5.02. The highest BCUT2D eigenvalue weighted by Crippen LogP contribution is 2.44. The molecule has 3 aromatic carbocycles. The van der Waals surface area contributed by atoms with Crippen LogP contribution in [0.1, 0.15) is 59.2 Å². The Balaban J connectivity index is 2.00. The SMILES string of the molecule is COc1ccc(C2/C(=C(\O)c3cc(C(C)C)c(OC)cc3C)C(=O)C(=O)N2c2cc(C)cc(C)c2)cc1. The van der Waals surface area contributed by atoms with E-state index in [4.69, 9.17) is 9.47 Å². The van der Waals surface area contributed by atoms with Crippen LogP contribution in [0.15, 0.2) is 60.2 Å². The van der Waals surface area contributed by atoms with Crippen LogP contribution in [0.4, 0.5) is 5.69 Å². The normalized spacial score (nSPS) is 17.0. The number of hydrogen-bond donors (Lipinski definition) is 1. The smallest absolute Gasteiger partial charge is 0.300 e. The molecule has 37 heavy (non-hydrogen) atoms. The molecule has 192 valence electrons. The van der Waals surface area contributed by atoms with E-state index in [0.29, 0.717) is 28.3 Å². The van der Waals surface area contributed by atoms with Gasteiger partial charge >= 0.3 is 0 Å². The topological polar surface area (TPSA) is 76.1 Å². The quantitative estimate of drug-likeness (QED) is 0.242. The van der Waals surface area contributed by atoms with E-state index in [1.54, 1.807) is 26.4 Å². The van der Waals surface area contributed by atoms with Crippen LogP contribution in [-0.2, 0) is 9.59 Å². The highest BCUT2D eigenvalue weighted by molar-refractivity contribution is 6.51. The number of ketones is 1. The second-order valence-electron chi connectivity index (χ2n) is 9.85. The fraction of sp³-hybridized carbons (Fsp3) is 0.290. The molecule has 1 heterocycles. The third-order valence-corrected chi connectivity index (χ3v) is 6.81. The van der Waals surface area contributed by atoms with Crippen molar-refractivity contribution in [2.75, 3.05) is 19.1 Å². The number of benzene rings is 3. The Morgan fingerprint density at radius 2 is 1.51 bits per heavy atom. The van der Waals surface area contributed by atoms with Gasteiger partial charge in [-0.05, 0) is 90.9 Å². The minimum atomic E-state index is -0.809. The summed E-state index contributed by atoms with van der Waals surface area (Å²) in [5, 5.41) is 11.7. The molecule has 0 saturated carbocycles. The number of aliphatic hydroxyl groups is 1. The van der Waals surface area contributed by atoms with Gasteiger partial charge in [0.2, 0.25) is 0 Å². The van der Waals surface area contributed by atoms with Crippen molar-refractivity contribution in [2.24, 2.45) is 0 Å². The van der Waals surface area contributed by atoms with Gasteiger partial charge in [-0.25, -0.2) is 0 Å². The maximum atomic E-state index is 13.6. The van der Waals surface area contributed by atoms with E-state index < -0.39 is 17.7 Å². The lowest BCUT2D eigenvalue weighted by Crippen LogP contribution is -2.29. The molecule has 1 N–H and O–H groups in total. The number of ether oxygens (including phenoxy) is 2. The second-order valence-corrected chi connectivity index (χ2v) is 9.85. The average molecular weight is 500 g/mol. The fourth-order valence-corrected chi connectivity index (χ4v) is 5.02. The predicted octanol–water partition coefficient (Wildman–Crippen LogP) is 6.38. The van der Waals surface area contributed by atoms with Gasteiger partial charge in [0.05, 0.1) is 25.8 Å². The van der Waals surface area contributed by atoms with E-state index in [9.17, 15) is 14.7 Å². The van der Waals surface area contributed by atoms with Crippen molar-refractivity contribution < 1.29 is 24.2 Å². The highest BCUT2D eigenvalue weighted by Gasteiger charge is 2.47. The number of hydrogen-bond acceptors (Lipinski definition) is 5. The summed E-state index contributed by atoms with van der Waals surface area (Å²) in [6.07, 6.45) is 0. The van der Waals surface area contributed by atoms with Crippen LogP contribution >= 0.6 is 0 Å².